The normalized spacial score (nSPS) is 19.4. The van der Waals surface area contributed by atoms with Gasteiger partial charge in [0.2, 0.25) is 0 Å². The Labute approximate surface area is 128 Å². The molecule has 1 fully saturated rings. The summed E-state index contributed by atoms with van der Waals surface area (Å²) in [6.45, 7) is 5.24. The van der Waals surface area contributed by atoms with Crippen LogP contribution in [0.4, 0.5) is 0 Å². The highest BCUT2D eigenvalue weighted by Crippen LogP contribution is 2.20. The Balaban J connectivity index is 1.67. The molecule has 0 heterocycles. The molecule has 3 heteroatoms. The maximum Gasteiger partial charge on any atom is 0.0898 e. The highest BCUT2D eigenvalue weighted by atomic mass is 16.5. The third kappa shape index (κ3) is 5.77. The first kappa shape index (κ1) is 16.5. The van der Waals surface area contributed by atoms with Gasteiger partial charge in [-0.15, -0.1) is 0 Å². The lowest BCUT2D eigenvalue weighted by atomic mass is 9.98. The van der Waals surface area contributed by atoms with Gasteiger partial charge >= 0.3 is 0 Å². The zero-order chi connectivity index (χ0) is 15.1. The largest absolute Gasteiger partial charge is 0.389 e. The van der Waals surface area contributed by atoms with E-state index in [1.54, 1.807) is 0 Å². The number of rotatable bonds is 7. The van der Waals surface area contributed by atoms with Gasteiger partial charge in [0.15, 0.2) is 0 Å². The molecule has 0 spiro atoms. The van der Waals surface area contributed by atoms with Gasteiger partial charge in [-0.25, -0.2) is 0 Å². The number of aryl methyl sites for hydroxylation is 1. The van der Waals surface area contributed by atoms with E-state index in [1.807, 2.05) is 0 Å². The predicted octanol–water partition coefficient (Wildman–Crippen LogP) is 3.36. The van der Waals surface area contributed by atoms with Crippen LogP contribution in [0.15, 0.2) is 24.3 Å². The van der Waals surface area contributed by atoms with E-state index in [1.165, 1.54) is 30.4 Å². The standard InChI is InChI=1S/C18H29NO2/c1-14-7-6-8-16(11-14)15(2)19-12-17(20)13-21-18-9-4-3-5-10-18/h6-8,11,15,17-20H,3-5,9-10,12-13H2,1-2H3/t15-,17?/m1/s1. The van der Waals surface area contributed by atoms with E-state index in [4.69, 9.17) is 4.74 Å². The van der Waals surface area contributed by atoms with Gasteiger partial charge in [0, 0.05) is 12.6 Å². The molecule has 118 valence electrons. The summed E-state index contributed by atoms with van der Waals surface area (Å²) in [5.41, 5.74) is 2.53. The first-order chi connectivity index (χ1) is 10.1. The van der Waals surface area contributed by atoms with Crippen molar-refractivity contribution in [2.75, 3.05) is 13.2 Å². The van der Waals surface area contributed by atoms with Crippen molar-refractivity contribution in [1.29, 1.82) is 0 Å². The van der Waals surface area contributed by atoms with Crippen LogP contribution < -0.4 is 5.32 Å². The molecular formula is C18H29NO2. The Morgan fingerprint density at radius 2 is 2.05 bits per heavy atom. The number of hydrogen-bond acceptors (Lipinski definition) is 3. The van der Waals surface area contributed by atoms with E-state index in [0.717, 1.165) is 12.8 Å². The SMILES string of the molecule is Cc1cccc([C@@H](C)NCC(O)COC2CCCCC2)c1. The van der Waals surface area contributed by atoms with Gasteiger partial charge in [0.25, 0.3) is 0 Å². The lowest BCUT2D eigenvalue weighted by Gasteiger charge is -2.24. The second kappa shape index (κ2) is 8.52. The van der Waals surface area contributed by atoms with Crippen LogP contribution in [0.1, 0.15) is 56.2 Å². The molecule has 0 amide bonds. The highest BCUT2D eigenvalue weighted by Gasteiger charge is 2.16. The van der Waals surface area contributed by atoms with Crippen molar-refractivity contribution in [3.8, 4) is 0 Å². The Morgan fingerprint density at radius 3 is 2.76 bits per heavy atom. The zero-order valence-corrected chi connectivity index (χ0v) is 13.3. The van der Waals surface area contributed by atoms with Gasteiger partial charge in [-0.2, -0.15) is 0 Å². The molecule has 0 aromatic heterocycles. The fourth-order valence-electron chi connectivity index (χ4n) is 2.91. The van der Waals surface area contributed by atoms with Crippen LogP contribution in [0.25, 0.3) is 0 Å². The van der Waals surface area contributed by atoms with Gasteiger partial charge < -0.3 is 15.2 Å². The smallest absolute Gasteiger partial charge is 0.0898 e. The quantitative estimate of drug-likeness (QED) is 0.809. The molecule has 1 aromatic rings. The number of aliphatic hydroxyl groups excluding tert-OH is 1. The van der Waals surface area contributed by atoms with Crippen molar-refractivity contribution >= 4 is 0 Å². The molecule has 1 aliphatic rings. The molecule has 0 bridgehead atoms. The van der Waals surface area contributed by atoms with E-state index < -0.39 is 6.10 Å². The molecule has 0 radical (unpaired) electrons. The van der Waals surface area contributed by atoms with Crippen LogP contribution in [0.5, 0.6) is 0 Å². The summed E-state index contributed by atoms with van der Waals surface area (Å²) in [7, 11) is 0. The second-order valence-corrected chi connectivity index (χ2v) is 6.29. The summed E-state index contributed by atoms with van der Waals surface area (Å²) in [6.07, 6.45) is 6.10. The maximum absolute atomic E-state index is 10.0. The summed E-state index contributed by atoms with van der Waals surface area (Å²) in [6, 6.07) is 8.72. The minimum absolute atomic E-state index is 0.245. The molecule has 2 rings (SSSR count). The van der Waals surface area contributed by atoms with E-state index in [0.29, 0.717) is 19.3 Å². The third-order valence-corrected chi connectivity index (χ3v) is 4.28. The van der Waals surface area contributed by atoms with Crippen molar-refractivity contribution in [1.82, 2.24) is 5.32 Å². The highest BCUT2D eigenvalue weighted by molar-refractivity contribution is 5.24. The van der Waals surface area contributed by atoms with Crippen molar-refractivity contribution in [2.45, 2.75) is 64.2 Å². The van der Waals surface area contributed by atoms with Crippen molar-refractivity contribution in [3.63, 3.8) is 0 Å². The molecule has 21 heavy (non-hydrogen) atoms. The van der Waals surface area contributed by atoms with Crippen LogP contribution in [0.2, 0.25) is 0 Å². The van der Waals surface area contributed by atoms with Crippen molar-refractivity contribution in [2.24, 2.45) is 0 Å². The van der Waals surface area contributed by atoms with Gasteiger partial charge in [0.1, 0.15) is 0 Å². The van der Waals surface area contributed by atoms with Gasteiger partial charge in [-0.05, 0) is 32.3 Å². The van der Waals surface area contributed by atoms with E-state index >= 15 is 0 Å². The molecular weight excluding hydrogens is 262 g/mol. The number of aliphatic hydroxyl groups is 1. The minimum Gasteiger partial charge on any atom is -0.389 e. The number of benzene rings is 1. The fourth-order valence-corrected chi connectivity index (χ4v) is 2.91. The lowest BCUT2D eigenvalue weighted by Crippen LogP contribution is -2.33. The predicted molar refractivity (Wildman–Crippen MR) is 86.4 cm³/mol. The molecule has 2 N–H and O–H groups in total. The molecule has 0 aliphatic heterocycles. The molecule has 1 saturated carbocycles. The summed E-state index contributed by atoms with van der Waals surface area (Å²) in [5.74, 6) is 0. The number of ether oxygens (including phenoxy) is 1. The molecule has 1 unspecified atom stereocenters. The monoisotopic (exact) mass is 291 g/mol. The Kier molecular flexibility index (Phi) is 6.68. The Hall–Kier alpha value is -0.900. The topological polar surface area (TPSA) is 41.5 Å². The average molecular weight is 291 g/mol. The molecule has 1 aliphatic carbocycles. The average Bonchev–Trinajstić information content (AvgIpc) is 2.51. The lowest BCUT2D eigenvalue weighted by molar-refractivity contribution is -0.0235. The summed E-state index contributed by atoms with van der Waals surface area (Å²) in [4.78, 5) is 0. The van der Waals surface area contributed by atoms with Crippen LogP contribution in [-0.4, -0.2) is 30.5 Å². The van der Waals surface area contributed by atoms with Crippen LogP contribution in [0, 0.1) is 6.92 Å². The van der Waals surface area contributed by atoms with Crippen LogP contribution in [0.3, 0.4) is 0 Å². The van der Waals surface area contributed by atoms with Crippen molar-refractivity contribution < 1.29 is 9.84 Å². The fraction of sp³-hybridized carbons (Fsp3) is 0.667. The number of hydrogen-bond donors (Lipinski definition) is 2. The van der Waals surface area contributed by atoms with Gasteiger partial charge in [-0.1, -0.05) is 49.1 Å². The summed E-state index contributed by atoms with van der Waals surface area (Å²) >= 11 is 0. The molecule has 0 saturated heterocycles. The Bertz CT molecular complexity index is 415. The Morgan fingerprint density at radius 1 is 1.29 bits per heavy atom. The van der Waals surface area contributed by atoms with Crippen LogP contribution in [-0.2, 0) is 4.74 Å². The van der Waals surface area contributed by atoms with E-state index in [2.05, 4.69) is 43.4 Å². The van der Waals surface area contributed by atoms with Crippen LogP contribution >= 0.6 is 0 Å². The minimum atomic E-state index is -0.431. The summed E-state index contributed by atoms with van der Waals surface area (Å²) in [5, 5.41) is 13.4. The van der Waals surface area contributed by atoms with Gasteiger partial charge in [0.05, 0.1) is 18.8 Å². The zero-order valence-electron chi connectivity index (χ0n) is 13.3. The second-order valence-electron chi connectivity index (χ2n) is 6.29. The maximum atomic E-state index is 10.0. The first-order valence-corrected chi connectivity index (χ1v) is 8.25. The van der Waals surface area contributed by atoms with Crippen molar-refractivity contribution in [3.05, 3.63) is 35.4 Å². The molecule has 3 nitrogen and oxygen atoms in total. The third-order valence-electron chi connectivity index (χ3n) is 4.28. The van der Waals surface area contributed by atoms with E-state index in [-0.39, 0.29) is 6.04 Å². The molecule has 2 atom stereocenters. The molecule has 1 aromatic carbocycles. The first-order valence-electron chi connectivity index (χ1n) is 8.25. The number of nitrogens with one attached hydrogen (secondary N) is 1. The van der Waals surface area contributed by atoms with Gasteiger partial charge in [-0.3, -0.25) is 0 Å². The summed E-state index contributed by atoms with van der Waals surface area (Å²) < 4.78 is 5.81. The van der Waals surface area contributed by atoms with E-state index in [9.17, 15) is 5.11 Å².